The number of hydrogen-bond acceptors (Lipinski definition) is 6. The van der Waals surface area contributed by atoms with E-state index in [9.17, 15) is 4.79 Å². The zero-order valence-corrected chi connectivity index (χ0v) is 20.7. The highest BCUT2D eigenvalue weighted by Gasteiger charge is 2.31. The van der Waals surface area contributed by atoms with Crippen LogP contribution in [-0.4, -0.2) is 70.4 Å². The fourth-order valence-electron chi connectivity index (χ4n) is 5.34. The largest absolute Gasteiger partial charge is 0.404 e. The first kappa shape index (κ1) is 23.2. The van der Waals surface area contributed by atoms with Gasteiger partial charge in [0.2, 0.25) is 5.91 Å². The quantitative estimate of drug-likeness (QED) is 0.590. The van der Waals surface area contributed by atoms with Gasteiger partial charge in [0.1, 0.15) is 0 Å². The van der Waals surface area contributed by atoms with Gasteiger partial charge in [-0.25, -0.2) is 0 Å². The lowest BCUT2D eigenvalue weighted by molar-refractivity contribution is -0.129. The molecule has 35 heavy (non-hydrogen) atoms. The van der Waals surface area contributed by atoms with Gasteiger partial charge in [0.05, 0.1) is 17.4 Å². The molecule has 182 valence electrons. The molecule has 0 bridgehead atoms. The highest BCUT2D eigenvalue weighted by atomic mass is 16.2. The van der Waals surface area contributed by atoms with Crippen LogP contribution in [0.3, 0.4) is 0 Å². The van der Waals surface area contributed by atoms with Crippen molar-refractivity contribution in [1.82, 2.24) is 24.6 Å². The second kappa shape index (κ2) is 9.62. The average molecular weight is 472 g/mol. The normalized spacial score (nSPS) is 17.9. The van der Waals surface area contributed by atoms with Crippen molar-refractivity contribution in [2.45, 2.75) is 38.8 Å². The fourth-order valence-corrected chi connectivity index (χ4v) is 5.34. The van der Waals surface area contributed by atoms with Gasteiger partial charge in [-0.2, -0.15) is 5.10 Å². The number of aliphatic imine (C=N–C) groups is 1. The van der Waals surface area contributed by atoms with Crippen LogP contribution in [-0.2, 0) is 17.8 Å². The molecule has 2 aliphatic heterocycles. The monoisotopic (exact) mass is 471 g/mol. The number of nitrogens with zero attached hydrogens (tertiary/aromatic N) is 6. The Morgan fingerprint density at radius 2 is 2.03 bits per heavy atom. The SMILES string of the molecule is CN=C/C(=C\N)c1cc2cccc(-c3nn(C4CCN(C)CC4)c4c3CN(C(C)=O)CC4)c2cn1. The number of aromatic nitrogens is 3. The molecule has 1 saturated heterocycles. The maximum atomic E-state index is 12.3. The predicted octanol–water partition coefficient (Wildman–Crippen LogP) is 3.27. The molecule has 3 aromatic rings. The molecule has 2 N–H and O–H groups in total. The number of amides is 1. The molecule has 0 atom stereocenters. The van der Waals surface area contributed by atoms with Crippen molar-refractivity contribution >= 4 is 28.5 Å². The molecule has 0 saturated carbocycles. The summed E-state index contributed by atoms with van der Waals surface area (Å²) in [5, 5.41) is 7.34. The van der Waals surface area contributed by atoms with Gasteiger partial charge in [0.15, 0.2) is 0 Å². The van der Waals surface area contributed by atoms with Crippen molar-refractivity contribution in [1.29, 1.82) is 0 Å². The molecule has 1 amide bonds. The van der Waals surface area contributed by atoms with E-state index in [4.69, 9.17) is 15.8 Å². The van der Waals surface area contributed by atoms with Crippen molar-refractivity contribution < 1.29 is 4.79 Å². The molecule has 0 aliphatic carbocycles. The van der Waals surface area contributed by atoms with Gasteiger partial charge in [-0.15, -0.1) is 0 Å². The number of carbonyl (C=O) groups excluding carboxylic acids is 1. The predicted molar refractivity (Wildman–Crippen MR) is 140 cm³/mol. The van der Waals surface area contributed by atoms with Gasteiger partial charge >= 0.3 is 0 Å². The van der Waals surface area contributed by atoms with Crippen LogP contribution in [0.5, 0.6) is 0 Å². The molecule has 2 aromatic heterocycles. The number of benzene rings is 1. The number of fused-ring (bicyclic) bond motifs is 2. The lowest BCUT2D eigenvalue weighted by atomic mass is 9.96. The highest BCUT2D eigenvalue weighted by molar-refractivity contribution is 6.10. The first-order valence-corrected chi connectivity index (χ1v) is 12.3. The lowest BCUT2D eigenvalue weighted by Gasteiger charge is -2.32. The second-order valence-electron chi connectivity index (χ2n) is 9.55. The zero-order valence-electron chi connectivity index (χ0n) is 20.7. The summed E-state index contributed by atoms with van der Waals surface area (Å²) in [7, 11) is 3.90. The number of rotatable bonds is 4. The summed E-state index contributed by atoms with van der Waals surface area (Å²) in [6.07, 6.45) is 8.17. The molecular weight excluding hydrogens is 438 g/mol. The van der Waals surface area contributed by atoms with Gasteiger partial charge in [-0.05, 0) is 44.4 Å². The molecule has 2 aliphatic rings. The van der Waals surface area contributed by atoms with E-state index in [2.05, 4.69) is 39.8 Å². The van der Waals surface area contributed by atoms with E-state index in [-0.39, 0.29) is 5.91 Å². The maximum Gasteiger partial charge on any atom is 0.219 e. The van der Waals surface area contributed by atoms with E-state index < -0.39 is 0 Å². The van der Waals surface area contributed by atoms with Gasteiger partial charge < -0.3 is 15.5 Å². The Kier molecular flexibility index (Phi) is 6.38. The smallest absolute Gasteiger partial charge is 0.219 e. The third-order valence-electron chi connectivity index (χ3n) is 7.33. The van der Waals surface area contributed by atoms with Crippen molar-refractivity contribution in [3.05, 3.63) is 53.6 Å². The number of likely N-dealkylation sites (tertiary alicyclic amines) is 1. The van der Waals surface area contributed by atoms with Crippen molar-refractivity contribution in [3.8, 4) is 11.3 Å². The minimum absolute atomic E-state index is 0.108. The van der Waals surface area contributed by atoms with Crippen LogP contribution in [0.15, 0.2) is 41.7 Å². The Morgan fingerprint density at radius 3 is 2.74 bits per heavy atom. The molecule has 8 heteroatoms. The van der Waals surface area contributed by atoms with E-state index in [0.29, 0.717) is 12.6 Å². The van der Waals surface area contributed by atoms with Crippen LogP contribution in [0.2, 0.25) is 0 Å². The van der Waals surface area contributed by atoms with Gasteiger partial charge in [0.25, 0.3) is 0 Å². The average Bonchev–Trinajstić information content (AvgIpc) is 3.25. The minimum Gasteiger partial charge on any atom is -0.404 e. The van der Waals surface area contributed by atoms with E-state index in [1.165, 1.54) is 17.5 Å². The van der Waals surface area contributed by atoms with E-state index in [0.717, 1.165) is 72.2 Å². The van der Waals surface area contributed by atoms with Gasteiger partial charge in [-0.1, -0.05) is 18.2 Å². The summed E-state index contributed by atoms with van der Waals surface area (Å²) in [5.41, 5.74) is 11.8. The molecule has 1 fully saturated rings. The van der Waals surface area contributed by atoms with Crippen LogP contribution < -0.4 is 5.73 Å². The lowest BCUT2D eigenvalue weighted by Crippen LogP contribution is -2.36. The summed E-state index contributed by atoms with van der Waals surface area (Å²) in [6, 6.07) is 8.70. The third-order valence-corrected chi connectivity index (χ3v) is 7.33. The number of pyridine rings is 1. The van der Waals surface area contributed by atoms with Crippen molar-refractivity contribution in [2.24, 2.45) is 10.7 Å². The first-order chi connectivity index (χ1) is 17.0. The van der Waals surface area contributed by atoms with E-state index in [1.807, 2.05) is 17.2 Å². The Labute approximate surface area is 206 Å². The maximum absolute atomic E-state index is 12.3. The third kappa shape index (κ3) is 4.34. The van der Waals surface area contributed by atoms with Crippen LogP contribution >= 0.6 is 0 Å². The molecule has 5 rings (SSSR count). The standard InChI is InChI=1S/C27H33N7O/c1-18(35)33-12-9-26-24(17-33)27(31-34(26)21-7-10-32(3)11-8-21)22-6-4-5-19-13-25(30-16-23(19)22)20(14-28)15-29-2/h4-6,13-16,21H,7-12,17,28H2,1-3H3/b20-14+,29-15?. The van der Waals surface area contributed by atoms with Gasteiger partial charge in [0, 0.05) is 79.9 Å². The molecule has 0 radical (unpaired) electrons. The summed E-state index contributed by atoms with van der Waals surface area (Å²) >= 11 is 0. The van der Waals surface area contributed by atoms with Crippen molar-refractivity contribution in [2.75, 3.05) is 33.7 Å². The minimum atomic E-state index is 0.108. The molecule has 0 unspecified atom stereocenters. The Hall–Kier alpha value is -3.52. The Morgan fingerprint density at radius 1 is 1.23 bits per heavy atom. The number of carbonyl (C=O) groups is 1. The second-order valence-corrected chi connectivity index (χ2v) is 9.55. The molecule has 4 heterocycles. The summed E-state index contributed by atoms with van der Waals surface area (Å²) in [4.78, 5) is 25.3. The van der Waals surface area contributed by atoms with E-state index in [1.54, 1.807) is 20.2 Å². The molecule has 1 aromatic carbocycles. The van der Waals surface area contributed by atoms with Crippen LogP contribution in [0.4, 0.5) is 0 Å². The Balaban J connectivity index is 1.63. The number of piperidine rings is 1. The zero-order chi connectivity index (χ0) is 24.5. The van der Waals surface area contributed by atoms with Gasteiger partial charge in [-0.3, -0.25) is 19.5 Å². The fraction of sp³-hybridized carbons (Fsp3) is 0.407. The topological polar surface area (TPSA) is 92.6 Å². The number of nitrogens with two attached hydrogens (primary N) is 1. The molecule has 0 spiro atoms. The van der Waals surface area contributed by atoms with Crippen LogP contribution in [0.25, 0.3) is 27.6 Å². The number of hydrogen-bond donors (Lipinski definition) is 1. The van der Waals surface area contributed by atoms with Crippen molar-refractivity contribution in [3.63, 3.8) is 0 Å². The molecule has 8 nitrogen and oxygen atoms in total. The molecular formula is C27H33N7O. The summed E-state index contributed by atoms with van der Waals surface area (Å²) < 4.78 is 2.28. The summed E-state index contributed by atoms with van der Waals surface area (Å²) in [6.45, 7) is 5.15. The summed E-state index contributed by atoms with van der Waals surface area (Å²) in [5.74, 6) is 0.108. The van der Waals surface area contributed by atoms with Crippen LogP contribution in [0, 0.1) is 0 Å². The van der Waals surface area contributed by atoms with Crippen LogP contribution in [0.1, 0.15) is 42.8 Å². The Bertz CT molecular complexity index is 1310. The number of allylic oxidation sites excluding steroid dienone is 1. The van der Waals surface area contributed by atoms with E-state index >= 15 is 0 Å². The highest BCUT2D eigenvalue weighted by Crippen LogP contribution is 2.37. The first-order valence-electron chi connectivity index (χ1n) is 12.3.